The molecule has 1 heterocycles. The van der Waals surface area contributed by atoms with Crippen molar-refractivity contribution in [3.8, 4) is 0 Å². The van der Waals surface area contributed by atoms with Crippen molar-refractivity contribution in [2.75, 3.05) is 9.80 Å². The lowest BCUT2D eigenvalue weighted by Gasteiger charge is -2.37. The number of carbonyl (C=O) groups is 2. The van der Waals surface area contributed by atoms with E-state index < -0.39 is 16.7 Å². The molecule has 2 amide bonds. The van der Waals surface area contributed by atoms with Gasteiger partial charge in [0.15, 0.2) is 5.11 Å². The molecule has 0 radical (unpaired) electrons. The van der Waals surface area contributed by atoms with Crippen LogP contribution >= 0.6 is 12.2 Å². The Morgan fingerprint density at radius 1 is 0.622 bits per heavy atom. The van der Waals surface area contributed by atoms with E-state index in [-0.39, 0.29) is 16.4 Å². The number of nitrogens with zero attached hydrogens (tertiary/aromatic N) is 3. The van der Waals surface area contributed by atoms with Crippen LogP contribution in [-0.4, -0.2) is 21.9 Å². The minimum absolute atomic E-state index is 0.0345. The minimum Gasteiger partial charge on any atom is -0.268 e. The zero-order valence-corrected chi connectivity index (χ0v) is 20.2. The quantitative estimate of drug-likeness (QED) is 0.113. The van der Waals surface area contributed by atoms with E-state index in [1.807, 2.05) is 18.2 Å². The molecule has 0 aromatic heterocycles. The first-order valence-electron chi connectivity index (χ1n) is 11.3. The number of rotatable bonds is 5. The summed E-state index contributed by atoms with van der Waals surface area (Å²) in [6.07, 6.45) is 0. The van der Waals surface area contributed by atoms with Crippen molar-refractivity contribution in [1.82, 2.24) is 0 Å². The van der Waals surface area contributed by atoms with Crippen LogP contribution in [0.15, 0.2) is 121 Å². The average molecular weight is 506 g/mol. The third-order valence-electron chi connectivity index (χ3n) is 5.92. The standard InChI is InChI=1S/C29H19N3O4S/c33-27-26(25(20-10-4-1-5-11-20)21-16-18-24(19-17-21)32(35)36)28(34)31(23-14-8-3-9-15-23)29(37)30(27)22-12-6-2-7-13-22/h1-19H. The Morgan fingerprint density at radius 2 is 1.03 bits per heavy atom. The second-order valence-corrected chi connectivity index (χ2v) is 8.52. The zero-order valence-electron chi connectivity index (χ0n) is 19.4. The first-order chi connectivity index (χ1) is 18.0. The predicted octanol–water partition coefficient (Wildman–Crippen LogP) is 5.76. The van der Waals surface area contributed by atoms with Crippen molar-refractivity contribution in [3.63, 3.8) is 0 Å². The molecular weight excluding hydrogens is 486 g/mol. The summed E-state index contributed by atoms with van der Waals surface area (Å²) in [6, 6.07) is 32.6. The molecule has 5 rings (SSSR count). The van der Waals surface area contributed by atoms with E-state index in [9.17, 15) is 19.7 Å². The largest absolute Gasteiger partial charge is 0.270 e. The third kappa shape index (κ3) is 4.41. The van der Waals surface area contributed by atoms with Crippen LogP contribution in [0.25, 0.3) is 5.57 Å². The third-order valence-corrected chi connectivity index (χ3v) is 6.29. The summed E-state index contributed by atoms with van der Waals surface area (Å²) in [6.45, 7) is 0. The van der Waals surface area contributed by atoms with Gasteiger partial charge >= 0.3 is 0 Å². The molecule has 1 aliphatic rings. The average Bonchev–Trinajstić information content (AvgIpc) is 2.93. The van der Waals surface area contributed by atoms with Gasteiger partial charge in [0, 0.05) is 17.7 Å². The Labute approximate surface area is 218 Å². The van der Waals surface area contributed by atoms with Crippen molar-refractivity contribution in [2.45, 2.75) is 0 Å². The van der Waals surface area contributed by atoms with Crippen LogP contribution in [0, 0.1) is 10.1 Å². The number of para-hydroxylation sites is 2. The summed E-state index contributed by atoms with van der Waals surface area (Å²) in [5.74, 6) is -1.16. The normalized spacial score (nSPS) is 13.6. The number of nitro benzene ring substituents is 1. The van der Waals surface area contributed by atoms with Gasteiger partial charge < -0.3 is 0 Å². The highest BCUT2D eigenvalue weighted by Crippen LogP contribution is 2.36. The Hall–Kier alpha value is -4.95. The molecule has 1 fully saturated rings. The number of hydrogen-bond donors (Lipinski definition) is 0. The van der Waals surface area contributed by atoms with E-state index in [0.29, 0.717) is 28.1 Å². The van der Waals surface area contributed by atoms with Gasteiger partial charge in [-0.2, -0.15) is 0 Å². The van der Waals surface area contributed by atoms with Gasteiger partial charge in [-0.05, 0) is 59.7 Å². The summed E-state index contributed by atoms with van der Waals surface area (Å²) in [7, 11) is 0. The summed E-state index contributed by atoms with van der Waals surface area (Å²) >= 11 is 5.70. The van der Waals surface area contributed by atoms with Crippen molar-refractivity contribution >= 4 is 51.8 Å². The maximum atomic E-state index is 14.1. The number of nitro groups is 1. The van der Waals surface area contributed by atoms with E-state index in [2.05, 4.69) is 0 Å². The lowest BCUT2D eigenvalue weighted by atomic mass is 9.90. The fourth-order valence-electron chi connectivity index (χ4n) is 4.22. The molecule has 0 atom stereocenters. The zero-order chi connectivity index (χ0) is 25.9. The monoisotopic (exact) mass is 505 g/mol. The highest BCUT2D eigenvalue weighted by atomic mass is 32.1. The molecule has 8 heteroatoms. The maximum Gasteiger partial charge on any atom is 0.270 e. The highest BCUT2D eigenvalue weighted by Gasteiger charge is 2.43. The molecule has 37 heavy (non-hydrogen) atoms. The van der Waals surface area contributed by atoms with Crippen LogP contribution in [0.3, 0.4) is 0 Å². The van der Waals surface area contributed by atoms with Gasteiger partial charge in [-0.15, -0.1) is 0 Å². The maximum absolute atomic E-state index is 14.1. The van der Waals surface area contributed by atoms with E-state index >= 15 is 0 Å². The van der Waals surface area contributed by atoms with Gasteiger partial charge in [-0.25, -0.2) is 0 Å². The molecule has 0 aliphatic carbocycles. The SMILES string of the molecule is O=C1C(=C(c2ccccc2)c2ccc([N+](=O)[O-])cc2)C(=O)N(c2ccccc2)C(=S)N1c1ccccc1. The Morgan fingerprint density at radius 3 is 1.46 bits per heavy atom. The highest BCUT2D eigenvalue weighted by molar-refractivity contribution is 7.81. The van der Waals surface area contributed by atoms with Gasteiger partial charge in [0.2, 0.25) is 0 Å². The van der Waals surface area contributed by atoms with Crippen molar-refractivity contribution in [1.29, 1.82) is 0 Å². The molecule has 0 unspecified atom stereocenters. The van der Waals surface area contributed by atoms with Gasteiger partial charge in [-0.1, -0.05) is 66.7 Å². The molecular formula is C29H19N3O4S. The van der Waals surface area contributed by atoms with E-state index in [1.54, 1.807) is 84.9 Å². The molecule has 0 saturated carbocycles. The lowest BCUT2D eigenvalue weighted by molar-refractivity contribution is -0.384. The smallest absolute Gasteiger partial charge is 0.268 e. The summed E-state index contributed by atoms with van der Waals surface area (Å²) < 4.78 is 0. The molecule has 4 aromatic carbocycles. The van der Waals surface area contributed by atoms with Gasteiger partial charge in [0.1, 0.15) is 5.57 Å². The summed E-state index contributed by atoms with van der Waals surface area (Å²) in [5, 5.41) is 11.3. The number of amides is 2. The Balaban J connectivity index is 1.80. The van der Waals surface area contributed by atoms with E-state index in [4.69, 9.17) is 12.2 Å². The summed E-state index contributed by atoms with van der Waals surface area (Å²) in [5.41, 5.74) is 2.29. The Kier molecular flexibility index (Phi) is 6.40. The fraction of sp³-hybridized carbons (Fsp3) is 0. The van der Waals surface area contributed by atoms with Crippen molar-refractivity contribution < 1.29 is 14.5 Å². The number of non-ortho nitro benzene ring substituents is 1. The number of thiocarbonyl (C=S) groups is 1. The van der Waals surface area contributed by atoms with Gasteiger partial charge in [0.05, 0.1) is 16.3 Å². The second-order valence-electron chi connectivity index (χ2n) is 8.15. The van der Waals surface area contributed by atoms with Crippen LogP contribution in [0.5, 0.6) is 0 Å². The van der Waals surface area contributed by atoms with E-state index in [0.717, 1.165) is 0 Å². The minimum atomic E-state index is -0.578. The van der Waals surface area contributed by atoms with Gasteiger partial charge in [-0.3, -0.25) is 29.5 Å². The van der Waals surface area contributed by atoms with Gasteiger partial charge in [0.25, 0.3) is 17.5 Å². The van der Waals surface area contributed by atoms with Crippen molar-refractivity contribution in [2.24, 2.45) is 0 Å². The van der Waals surface area contributed by atoms with Crippen LogP contribution in [0.2, 0.25) is 0 Å². The molecule has 7 nitrogen and oxygen atoms in total. The summed E-state index contributed by atoms with van der Waals surface area (Å²) in [4.78, 5) is 41.7. The predicted molar refractivity (Wildman–Crippen MR) is 146 cm³/mol. The number of hydrogen-bond acceptors (Lipinski definition) is 5. The number of anilines is 2. The van der Waals surface area contributed by atoms with E-state index in [1.165, 1.54) is 21.9 Å². The second kappa shape index (κ2) is 9.96. The molecule has 4 aromatic rings. The van der Waals surface area contributed by atoms with Crippen LogP contribution in [-0.2, 0) is 9.59 Å². The first-order valence-corrected chi connectivity index (χ1v) is 11.8. The molecule has 180 valence electrons. The topological polar surface area (TPSA) is 83.8 Å². The number of carbonyl (C=O) groups excluding carboxylic acids is 2. The molecule has 0 bridgehead atoms. The van der Waals surface area contributed by atoms with Crippen LogP contribution in [0.1, 0.15) is 11.1 Å². The Bertz CT molecular complexity index is 1470. The lowest BCUT2D eigenvalue weighted by Crippen LogP contribution is -2.57. The molecule has 1 aliphatic heterocycles. The first kappa shape index (κ1) is 23.8. The molecule has 1 saturated heterocycles. The van der Waals surface area contributed by atoms with Crippen molar-refractivity contribution in [3.05, 3.63) is 142 Å². The van der Waals surface area contributed by atoms with Crippen LogP contribution < -0.4 is 9.80 Å². The fourth-order valence-corrected chi connectivity index (χ4v) is 4.60. The molecule has 0 spiro atoms. The number of benzene rings is 4. The van der Waals surface area contributed by atoms with Crippen LogP contribution in [0.4, 0.5) is 17.1 Å². The molecule has 0 N–H and O–H groups in total.